The Morgan fingerprint density at radius 1 is 1.08 bits per heavy atom. The molecular weight excluding hydrogens is 146 g/mol. The number of nitrogens with two attached hydrogens (primary N) is 1. The third-order valence-corrected chi connectivity index (χ3v) is 2.94. The molecule has 0 aliphatic heterocycles. The Labute approximate surface area is 75.3 Å². The van der Waals surface area contributed by atoms with E-state index in [1.165, 1.54) is 12.8 Å². The molecule has 68 valence electrons. The molecule has 1 heteroatoms. The molecule has 0 aromatic heterocycles. The average molecular weight is 165 g/mol. The van der Waals surface area contributed by atoms with Gasteiger partial charge in [0.15, 0.2) is 0 Å². The molecule has 0 aromatic carbocycles. The van der Waals surface area contributed by atoms with E-state index in [1.54, 1.807) is 0 Å². The molecule has 1 rings (SSSR count). The molecule has 1 fully saturated rings. The Morgan fingerprint density at radius 3 is 1.83 bits per heavy atom. The van der Waals surface area contributed by atoms with Crippen LogP contribution < -0.4 is 5.73 Å². The fourth-order valence-electron chi connectivity index (χ4n) is 2.18. The van der Waals surface area contributed by atoms with Gasteiger partial charge in [-0.1, -0.05) is 12.2 Å². The van der Waals surface area contributed by atoms with Crippen molar-refractivity contribution in [1.82, 2.24) is 0 Å². The van der Waals surface area contributed by atoms with E-state index in [1.807, 2.05) is 12.2 Å². The molecule has 12 heavy (non-hydrogen) atoms. The summed E-state index contributed by atoms with van der Waals surface area (Å²) in [5.74, 6) is 1.35. The molecule has 1 aliphatic carbocycles. The van der Waals surface area contributed by atoms with Crippen LogP contribution in [0.15, 0.2) is 25.3 Å². The fraction of sp³-hybridized carbons (Fsp3) is 0.636. The minimum Gasteiger partial charge on any atom is -0.327 e. The Balaban J connectivity index is 2.42. The van der Waals surface area contributed by atoms with E-state index in [2.05, 4.69) is 13.2 Å². The topological polar surface area (TPSA) is 26.0 Å². The van der Waals surface area contributed by atoms with Crippen LogP contribution in [0.2, 0.25) is 0 Å². The second kappa shape index (κ2) is 4.46. The highest BCUT2D eigenvalue weighted by atomic mass is 14.7. The van der Waals surface area contributed by atoms with E-state index in [0.717, 1.165) is 12.8 Å². The summed E-state index contributed by atoms with van der Waals surface area (Å²) in [5.41, 5.74) is 6.10. The highest BCUT2D eigenvalue weighted by molar-refractivity contribution is 4.93. The van der Waals surface area contributed by atoms with Crippen molar-refractivity contribution >= 4 is 0 Å². The van der Waals surface area contributed by atoms with E-state index in [9.17, 15) is 0 Å². The van der Waals surface area contributed by atoms with Crippen molar-refractivity contribution in [3.63, 3.8) is 0 Å². The van der Waals surface area contributed by atoms with Crippen LogP contribution in [0.3, 0.4) is 0 Å². The summed E-state index contributed by atoms with van der Waals surface area (Å²) in [6.07, 6.45) is 8.67. The van der Waals surface area contributed by atoms with Gasteiger partial charge in [-0.2, -0.15) is 0 Å². The SMILES string of the molecule is C=CCC1CCC(CC=C)C1N. The summed E-state index contributed by atoms with van der Waals surface area (Å²) >= 11 is 0. The Morgan fingerprint density at radius 2 is 1.50 bits per heavy atom. The summed E-state index contributed by atoms with van der Waals surface area (Å²) in [4.78, 5) is 0. The summed E-state index contributed by atoms with van der Waals surface area (Å²) < 4.78 is 0. The monoisotopic (exact) mass is 165 g/mol. The van der Waals surface area contributed by atoms with Gasteiger partial charge in [0.2, 0.25) is 0 Å². The van der Waals surface area contributed by atoms with E-state index < -0.39 is 0 Å². The lowest BCUT2D eigenvalue weighted by Gasteiger charge is -2.18. The van der Waals surface area contributed by atoms with Gasteiger partial charge in [0, 0.05) is 6.04 Å². The van der Waals surface area contributed by atoms with Crippen LogP contribution in [0.1, 0.15) is 25.7 Å². The van der Waals surface area contributed by atoms with Gasteiger partial charge in [-0.3, -0.25) is 0 Å². The first-order valence-corrected chi connectivity index (χ1v) is 4.77. The van der Waals surface area contributed by atoms with Crippen molar-refractivity contribution < 1.29 is 0 Å². The maximum absolute atomic E-state index is 6.10. The molecule has 0 bridgehead atoms. The minimum absolute atomic E-state index is 0.376. The zero-order valence-corrected chi connectivity index (χ0v) is 7.71. The zero-order valence-electron chi connectivity index (χ0n) is 7.71. The molecule has 1 nitrogen and oxygen atoms in total. The molecule has 2 unspecified atom stereocenters. The van der Waals surface area contributed by atoms with Crippen molar-refractivity contribution in [3.05, 3.63) is 25.3 Å². The van der Waals surface area contributed by atoms with Crippen molar-refractivity contribution in [1.29, 1.82) is 0 Å². The highest BCUT2D eigenvalue weighted by Crippen LogP contribution is 2.34. The first-order valence-electron chi connectivity index (χ1n) is 4.77. The molecule has 0 amide bonds. The van der Waals surface area contributed by atoms with Crippen LogP contribution in [0.4, 0.5) is 0 Å². The third kappa shape index (κ3) is 1.98. The Hall–Kier alpha value is -0.560. The van der Waals surface area contributed by atoms with Gasteiger partial charge in [0.25, 0.3) is 0 Å². The third-order valence-electron chi connectivity index (χ3n) is 2.94. The van der Waals surface area contributed by atoms with E-state index in [-0.39, 0.29) is 0 Å². The molecule has 1 saturated carbocycles. The van der Waals surface area contributed by atoms with Crippen LogP contribution >= 0.6 is 0 Å². The molecule has 0 aromatic rings. The van der Waals surface area contributed by atoms with Crippen LogP contribution in [0, 0.1) is 11.8 Å². The van der Waals surface area contributed by atoms with Gasteiger partial charge in [-0.05, 0) is 37.5 Å². The van der Waals surface area contributed by atoms with Gasteiger partial charge in [-0.15, -0.1) is 13.2 Å². The smallest absolute Gasteiger partial charge is 0.0101 e. The number of rotatable bonds is 4. The minimum atomic E-state index is 0.376. The van der Waals surface area contributed by atoms with E-state index in [4.69, 9.17) is 5.73 Å². The molecule has 2 N–H and O–H groups in total. The molecular formula is C11H19N. The second-order valence-electron chi connectivity index (χ2n) is 3.72. The van der Waals surface area contributed by atoms with Crippen LogP contribution in [0.25, 0.3) is 0 Å². The molecule has 0 spiro atoms. The fourth-order valence-corrected chi connectivity index (χ4v) is 2.18. The second-order valence-corrected chi connectivity index (χ2v) is 3.72. The summed E-state index contributed by atoms with van der Waals surface area (Å²) in [7, 11) is 0. The van der Waals surface area contributed by atoms with Gasteiger partial charge in [0.1, 0.15) is 0 Å². The number of hydrogen-bond acceptors (Lipinski definition) is 1. The van der Waals surface area contributed by atoms with E-state index in [0.29, 0.717) is 17.9 Å². The summed E-state index contributed by atoms with van der Waals surface area (Å²) in [6.45, 7) is 7.51. The number of hydrogen-bond donors (Lipinski definition) is 1. The van der Waals surface area contributed by atoms with Crippen LogP contribution in [0.5, 0.6) is 0 Å². The molecule has 0 radical (unpaired) electrons. The molecule has 2 atom stereocenters. The lowest BCUT2D eigenvalue weighted by molar-refractivity contribution is 0.414. The lowest BCUT2D eigenvalue weighted by atomic mass is 9.94. The maximum atomic E-state index is 6.10. The summed E-state index contributed by atoms with van der Waals surface area (Å²) in [5, 5.41) is 0. The Bertz CT molecular complexity index is 144. The highest BCUT2D eigenvalue weighted by Gasteiger charge is 2.31. The average Bonchev–Trinajstić information content (AvgIpc) is 2.38. The van der Waals surface area contributed by atoms with Crippen molar-refractivity contribution in [2.75, 3.05) is 0 Å². The van der Waals surface area contributed by atoms with Crippen LogP contribution in [-0.4, -0.2) is 6.04 Å². The van der Waals surface area contributed by atoms with Gasteiger partial charge in [-0.25, -0.2) is 0 Å². The molecule has 0 heterocycles. The summed E-state index contributed by atoms with van der Waals surface area (Å²) in [6, 6.07) is 0.376. The van der Waals surface area contributed by atoms with Crippen molar-refractivity contribution in [2.45, 2.75) is 31.7 Å². The van der Waals surface area contributed by atoms with Gasteiger partial charge >= 0.3 is 0 Å². The normalized spacial score (nSPS) is 34.9. The quantitative estimate of drug-likeness (QED) is 0.636. The largest absolute Gasteiger partial charge is 0.327 e. The number of allylic oxidation sites excluding steroid dienone is 2. The van der Waals surface area contributed by atoms with Crippen molar-refractivity contribution in [3.8, 4) is 0 Å². The van der Waals surface area contributed by atoms with Crippen molar-refractivity contribution in [2.24, 2.45) is 17.6 Å². The Kier molecular flexibility index (Phi) is 3.54. The zero-order chi connectivity index (χ0) is 8.97. The first-order chi connectivity index (χ1) is 5.79. The van der Waals surface area contributed by atoms with E-state index >= 15 is 0 Å². The van der Waals surface area contributed by atoms with Gasteiger partial charge < -0.3 is 5.73 Å². The maximum Gasteiger partial charge on any atom is 0.0101 e. The van der Waals surface area contributed by atoms with Gasteiger partial charge in [0.05, 0.1) is 0 Å². The molecule has 0 saturated heterocycles. The predicted octanol–water partition coefficient (Wildman–Crippen LogP) is 2.49. The standard InChI is InChI=1S/C11H19N/c1-3-5-9-7-8-10(6-4-2)11(9)12/h3-4,9-11H,1-2,5-8,12H2. The predicted molar refractivity (Wildman–Crippen MR) is 53.8 cm³/mol. The first kappa shape index (κ1) is 9.53. The van der Waals surface area contributed by atoms with Crippen LogP contribution in [-0.2, 0) is 0 Å². The molecule has 1 aliphatic rings. The lowest BCUT2D eigenvalue weighted by Crippen LogP contribution is -2.30.